The molecule has 0 aliphatic heterocycles. The van der Waals surface area contributed by atoms with Gasteiger partial charge in [-0.1, -0.05) is 22.8 Å². The van der Waals surface area contributed by atoms with Crippen LogP contribution in [0.5, 0.6) is 11.5 Å². The van der Waals surface area contributed by atoms with Crippen molar-refractivity contribution >= 4 is 28.4 Å². The van der Waals surface area contributed by atoms with E-state index in [1.165, 1.54) is 0 Å². The summed E-state index contributed by atoms with van der Waals surface area (Å²) in [6.07, 6.45) is 0. The van der Waals surface area contributed by atoms with Crippen molar-refractivity contribution in [2.75, 3.05) is 13.7 Å². The molecular weight excluding hydrogens is 416 g/mol. The number of ether oxygens (including phenoxy) is 2. The predicted octanol–water partition coefficient (Wildman–Crippen LogP) is 5.49. The van der Waals surface area contributed by atoms with Gasteiger partial charge in [0.05, 0.1) is 19.1 Å². The first-order valence-corrected chi connectivity index (χ1v) is 10.2. The minimum Gasteiger partial charge on any atom is -0.493 e. The van der Waals surface area contributed by atoms with Crippen LogP contribution in [-0.4, -0.2) is 24.8 Å². The zero-order valence-corrected chi connectivity index (χ0v) is 17.9. The lowest BCUT2D eigenvalue weighted by Gasteiger charge is -2.11. The summed E-state index contributed by atoms with van der Waals surface area (Å²) in [4.78, 5) is 12.8. The zero-order chi connectivity index (χ0) is 21.8. The van der Waals surface area contributed by atoms with Crippen LogP contribution in [0.1, 0.15) is 22.8 Å². The number of benzene rings is 3. The Morgan fingerprint density at radius 1 is 1.06 bits per heavy atom. The maximum atomic E-state index is 12.8. The molecule has 0 fully saturated rings. The van der Waals surface area contributed by atoms with Crippen molar-refractivity contribution in [3.63, 3.8) is 0 Å². The number of methoxy groups -OCH3 is 1. The van der Waals surface area contributed by atoms with E-state index in [0.29, 0.717) is 46.5 Å². The molecule has 4 aromatic rings. The molecule has 1 aromatic heterocycles. The monoisotopic (exact) mass is 436 g/mol. The van der Waals surface area contributed by atoms with Crippen LogP contribution in [0.4, 0.5) is 0 Å². The molecule has 158 valence electrons. The summed E-state index contributed by atoms with van der Waals surface area (Å²) >= 11 is 5.97. The fourth-order valence-electron chi connectivity index (χ4n) is 3.27. The Bertz CT molecular complexity index is 1220. The number of hydrogen-bond donors (Lipinski definition) is 1. The molecular formula is C24H21ClN2O4. The molecule has 0 unspecified atom stereocenters. The van der Waals surface area contributed by atoms with Crippen LogP contribution in [0.25, 0.3) is 22.2 Å². The molecule has 31 heavy (non-hydrogen) atoms. The lowest BCUT2D eigenvalue weighted by Crippen LogP contribution is -2.22. The van der Waals surface area contributed by atoms with Gasteiger partial charge in [-0.25, -0.2) is 0 Å². The van der Waals surface area contributed by atoms with Crippen molar-refractivity contribution in [2.45, 2.75) is 13.5 Å². The first-order chi connectivity index (χ1) is 15.1. The van der Waals surface area contributed by atoms with Gasteiger partial charge in [0.25, 0.3) is 5.91 Å². The van der Waals surface area contributed by atoms with Crippen molar-refractivity contribution in [1.29, 1.82) is 0 Å². The van der Waals surface area contributed by atoms with Crippen molar-refractivity contribution in [1.82, 2.24) is 10.5 Å². The summed E-state index contributed by atoms with van der Waals surface area (Å²) < 4.78 is 16.4. The van der Waals surface area contributed by atoms with Crippen LogP contribution in [0.2, 0.25) is 5.02 Å². The van der Waals surface area contributed by atoms with Gasteiger partial charge in [-0.15, -0.1) is 0 Å². The molecule has 0 aliphatic carbocycles. The molecule has 0 bridgehead atoms. The van der Waals surface area contributed by atoms with E-state index in [1.807, 2.05) is 37.3 Å². The summed E-state index contributed by atoms with van der Waals surface area (Å²) in [5.41, 5.74) is 2.94. The second-order valence-electron chi connectivity index (χ2n) is 6.85. The van der Waals surface area contributed by atoms with Crippen molar-refractivity contribution in [3.05, 3.63) is 76.8 Å². The van der Waals surface area contributed by atoms with E-state index in [9.17, 15) is 4.79 Å². The van der Waals surface area contributed by atoms with E-state index in [2.05, 4.69) is 10.5 Å². The smallest absolute Gasteiger partial charge is 0.251 e. The maximum absolute atomic E-state index is 12.8. The zero-order valence-electron chi connectivity index (χ0n) is 17.1. The number of aromatic nitrogens is 1. The summed E-state index contributed by atoms with van der Waals surface area (Å²) in [6, 6.07) is 18.2. The summed E-state index contributed by atoms with van der Waals surface area (Å²) in [5, 5.41) is 8.43. The minimum atomic E-state index is -0.196. The van der Waals surface area contributed by atoms with E-state index in [1.54, 1.807) is 37.4 Å². The minimum absolute atomic E-state index is 0.196. The molecule has 0 saturated carbocycles. The number of halogens is 1. The Kier molecular flexibility index (Phi) is 6.09. The Labute approximate surface area is 184 Å². The number of fused-ring (bicyclic) bond motifs is 1. The van der Waals surface area contributed by atoms with Gasteiger partial charge < -0.3 is 19.3 Å². The number of rotatable bonds is 7. The van der Waals surface area contributed by atoms with Crippen molar-refractivity contribution < 1.29 is 18.8 Å². The van der Waals surface area contributed by atoms with Gasteiger partial charge in [0.15, 0.2) is 17.3 Å². The third kappa shape index (κ3) is 4.49. The molecule has 6 nitrogen and oxygen atoms in total. The fourth-order valence-corrected chi connectivity index (χ4v) is 3.40. The molecule has 1 amide bonds. The lowest BCUT2D eigenvalue weighted by atomic mass is 10.1. The van der Waals surface area contributed by atoms with Crippen LogP contribution < -0.4 is 14.8 Å². The number of nitrogens with zero attached hydrogens (tertiary/aromatic N) is 1. The molecule has 3 aromatic carbocycles. The SMILES string of the molecule is CCOc1ccc(CNC(=O)c2ccc3noc(-c4ccc(Cl)cc4)c3c2)cc1OC. The number of hydrogen-bond acceptors (Lipinski definition) is 5. The summed E-state index contributed by atoms with van der Waals surface area (Å²) in [7, 11) is 1.59. The molecule has 0 spiro atoms. The maximum Gasteiger partial charge on any atom is 0.251 e. The largest absolute Gasteiger partial charge is 0.493 e. The molecule has 4 rings (SSSR count). The van der Waals surface area contributed by atoms with E-state index < -0.39 is 0 Å². The third-order valence-electron chi connectivity index (χ3n) is 4.83. The standard InChI is InChI=1S/C24H21ClN2O4/c1-3-30-21-11-4-15(12-22(21)29-2)14-26-24(28)17-7-10-20-19(13-17)23(31-27-20)16-5-8-18(25)9-6-16/h4-13H,3,14H2,1-2H3,(H,26,28). The van der Waals surface area contributed by atoms with Gasteiger partial charge in [-0.05, 0) is 67.1 Å². The molecule has 0 radical (unpaired) electrons. The fraction of sp³-hybridized carbons (Fsp3) is 0.167. The van der Waals surface area contributed by atoms with Gasteiger partial charge in [-0.2, -0.15) is 0 Å². The number of nitrogens with one attached hydrogen (secondary N) is 1. The number of carbonyl (C=O) groups excluding carboxylic acids is 1. The van der Waals surface area contributed by atoms with Crippen LogP contribution in [0.3, 0.4) is 0 Å². The van der Waals surface area contributed by atoms with Gasteiger partial charge in [0.2, 0.25) is 0 Å². The predicted molar refractivity (Wildman–Crippen MR) is 120 cm³/mol. The van der Waals surface area contributed by atoms with E-state index in [4.69, 9.17) is 25.6 Å². The van der Waals surface area contributed by atoms with Gasteiger partial charge in [0.1, 0.15) is 5.52 Å². The molecule has 0 saturated heterocycles. The second kappa shape index (κ2) is 9.10. The Morgan fingerprint density at radius 3 is 2.61 bits per heavy atom. The first kappa shape index (κ1) is 20.8. The Hall–Kier alpha value is -3.51. The highest BCUT2D eigenvalue weighted by Gasteiger charge is 2.14. The van der Waals surface area contributed by atoms with Crippen LogP contribution in [-0.2, 0) is 6.54 Å². The number of amides is 1. The molecule has 1 heterocycles. The van der Waals surface area contributed by atoms with Crippen molar-refractivity contribution in [3.8, 4) is 22.8 Å². The van der Waals surface area contributed by atoms with E-state index in [0.717, 1.165) is 16.5 Å². The van der Waals surface area contributed by atoms with Crippen LogP contribution in [0.15, 0.2) is 65.2 Å². The highest BCUT2D eigenvalue weighted by atomic mass is 35.5. The average molecular weight is 437 g/mol. The number of carbonyl (C=O) groups is 1. The van der Waals surface area contributed by atoms with Crippen molar-refractivity contribution in [2.24, 2.45) is 0 Å². The van der Waals surface area contributed by atoms with Gasteiger partial charge in [-0.3, -0.25) is 4.79 Å². The van der Waals surface area contributed by atoms with Crippen LogP contribution >= 0.6 is 11.6 Å². The Morgan fingerprint density at radius 2 is 1.87 bits per heavy atom. The summed E-state index contributed by atoms with van der Waals surface area (Å²) in [5.74, 6) is 1.70. The third-order valence-corrected chi connectivity index (χ3v) is 5.08. The van der Waals surface area contributed by atoms with E-state index >= 15 is 0 Å². The molecule has 0 atom stereocenters. The second-order valence-corrected chi connectivity index (χ2v) is 7.29. The Balaban J connectivity index is 1.53. The summed E-state index contributed by atoms with van der Waals surface area (Å²) in [6.45, 7) is 2.82. The molecule has 7 heteroatoms. The first-order valence-electron chi connectivity index (χ1n) is 9.82. The molecule has 1 N–H and O–H groups in total. The highest BCUT2D eigenvalue weighted by molar-refractivity contribution is 6.30. The van der Waals surface area contributed by atoms with Gasteiger partial charge >= 0.3 is 0 Å². The van der Waals surface area contributed by atoms with Gasteiger partial charge in [0, 0.05) is 22.7 Å². The average Bonchev–Trinajstić information content (AvgIpc) is 3.22. The topological polar surface area (TPSA) is 73.6 Å². The normalized spacial score (nSPS) is 10.8. The highest BCUT2D eigenvalue weighted by Crippen LogP contribution is 2.30. The quantitative estimate of drug-likeness (QED) is 0.415. The molecule has 0 aliphatic rings. The lowest BCUT2D eigenvalue weighted by molar-refractivity contribution is 0.0951. The van der Waals surface area contributed by atoms with E-state index in [-0.39, 0.29) is 5.91 Å². The van der Waals surface area contributed by atoms with Crippen LogP contribution in [0, 0.1) is 0 Å².